The fourth-order valence-corrected chi connectivity index (χ4v) is 2.82. The predicted molar refractivity (Wildman–Crippen MR) is 101 cm³/mol. The Kier molecular flexibility index (Phi) is 5.21. The van der Waals surface area contributed by atoms with E-state index in [1.807, 2.05) is 12.1 Å². The zero-order valence-corrected chi connectivity index (χ0v) is 14.8. The fourth-order valence-electron chi connectivity index (χ4n) is 2.82. The summed E-state index contributed by atoms with van der Waals surface area (Å²) in [6.07, 6.45) is 1.60. The minimum Gasteiger partial charge on any atom is -0.493 e. The first-order chi connectivity index (χ1) is 13.0. The number of nitro groups is 1. The number of carbonyl (C=O) groups is 1. The molecule has 0 spiro atoms. The molecule has 1 amide bonds. The van der Waals surface area contributed by atoms with Gasteiger partial charge < -0.3 is 14.1 Å². The van der Waals surface area contributed by atoms with Crippen LogP contribution in [0.25, 0.3) is 11.0 Å². The van der Waals surface area contributed by atoms with Crippen molar-refractivity contribution in [3.63, 3.8) is 0 Å². The second-order valence-corrected chi connectivity index (χ2v) is 5.89. The van der Waals surface area contributed by atoms with Crippen LogP contribution < -0.4 is 4.74 Å². The van der Waals surface area contributed by atoms with Gasteiger partial charge in [-0.3, -0.25) is 14.9 Å². The Balaban J connectivity index is 1.90. The molecule has 0 bridgehead atoms. The Labute approximate surface area is 155 Å². The summed E-state index contributed by atoms with van der Waals surface area (Å²) in [6, 6.07) is 13.2. The van der Waals surface area contributed by atoms with Crippen molar-refractivity contribution in [1.82, 2.24) is 4.90 Å². The maximum atomic E-state index is 12.9. The molecule has 0 unspecified atom stereocenters. The third-order valence-electron chi connectivity index (χ3n) is 4.07. The number of para-hydroxylation sites is 1. The number of carbonyl (C=O) groups excluding carboxylic acids is 1. The maximum absolute atomic E-state index is 12.9. The Hall–Kier alpha value is -3.61. The normalized spacial score (nSPS) is 10.6. The number of furan rings is 1. The van der Waals surface area contributed by atoms with Crippen molar-refractivity contribution in [3.05, 3.63) is 82.6 Å². The van der Waals surface area contributed by atoms with Gasteiger partial charge in [-0.2, -0.15) is 0 Å². The van der Waals surface area contributed by atoms with Crippen molar-refractivity contribution < 1.29 is 18.9 Å². The average molecular weight is 366 g/mol. The second kappa shape index (κ2) is 7.74. The molecule has 138 valence electrons. The molecular formula is C20H18N2O5. The highest BCUT2D eigenvalue weighted by atomic mass is 16.6. The molecule has 3 aromatic rings. The van der Waals surface area contributed by atoms with E-state index < -0.39 is 4.92 Å². The van der Waals surface area contributed by atoms with Gasteiger partial charge in [-0.05, 0) is 17.7 Å². The van der Waals surface area contributed by atoms with E-state index in [9.17, 15) is 14.9 Å². The maximum Gasteiger partial charge on any atom is 0.290 e. The van der Waals surface area contributed by atoms with E-state index in [0.29, 0.717) is 16.9 Å². The molecule has 0 aliphatic rings. The molecule has 0 saturated heterocycles. The number of benzene rings is 2. The standard InChI is InChI=1S/C20H18N2O5/c1-3-10-21(13-14-6-4-8-16(11-14)22(24)25)20(23)18-12-15-7-5-9-17(26-2)19(15)27-18/h3-9,11-12H,1,10,13H2,2H3. The molecular weight excluding hydrogens is 348 g/mol. The van der Waals surface area contributed by atoms with Crippen LogP contribution in [-0.2, 0) is 6.54 Å². The van der Waals surface area contributed by atoms with Crippen LogP contribution in [0.2, 0.25) is 0 Å². The number of hydrogen-bond acceptors (Lipinski definition) is 5. The minimum absolute atomic E-state index is 0.0213. The lowest BCUT2D eigenvalue weighted by Gasteiger charge is -2.20. The third kappa shape index (κ3) is 3.82. The summed E-state index contributed by atoms with van der Waals surface area (Å²) in [5.41, 5.74) is 1.12. The van der Waals surface area contributed by atoms with Crippen molar-refractivity contribution in [2.24, 2.45) is 0 Å². The van der Waals surface area contributed by atoms with Crippen molar-refractivity contribution in [1.29, 1.82) is 0 Å². The molecule has 27 heavy (non-hydrogen) atoms. The van der Waals surface area contributed by atoms with Crippen LogP contribution >= 0.6 is 0 Å². The van der Waals surface area contributed by atoms with Gasteiger partial charge in [0.1, 0.15) is 0 Å². The molecule has 0 N–H and O–H groups in total. The molecule has 0 aliphatic carbocycles. The molecule has 0 aliphatic heterocycles. The number of hydrogen-bond donors (Lipinski definition) is 0. The third-order valence-corrected chi connectivity index (χ3v) is 4.07. The number of methoxy groups -OCH3 is 1. The zero-order chi connectivity index (χ0) is 19.4. The van der Waals surface area contributed by atoms with E-state index in [1.54, 1.807) is 30.3 Å². The Bertz CT molecular complexity index is 1010. The van der Waals surface area contributed by atoms with Crippen molar-refractivity contribution >= 4 is 22.6 Å². The van der Waals surface area contributed by atoms with E-state index in [-0.39, 0.29) is 30.4 Å². The van der Waals surface area contributed by atoms with Crippen LogP contribution in [0.1, 0.15) is 16.1 Å². The molecule has 0 atom stereocenters. The zero-order valence-electron chi connectivity index (χ0n) is 14.8. The first-order valence-electron chi connectivity index (χ1n) is 8.23. The number of amides is 1. The number of nitrogens with zero attached hydrogens (tertiary/aromatic N) is 2. The van der Waals surface area contributed by atoms with Crippen LogP contribution in [0.4, 0.5) is 5.69 Å². The number of non-ortho nitro benzene ring substituents is 1. The van der Waals surface area contributed by atoms with Crippen molar-refractivity contribution in [3.8, 4) is 5.75 Å². The summed E-state index contributed by atoms with van der Waals surface area (Å²) in [4.78, 5) is 24.9. The van der Waals surface area contributed by atoms with Gasteiger partial charge in [-0.25, -0.2) is 0 Å². The lowest BCUT2D eigenvalue weighted by Crippen LogP contribution is -2.30. The summed E-state index contributed by atoms with van der Waals surface area (Å²) < 4.78 is 11.0. The highest BCUT2D eigenvalue weighted by Crippen LogP contribution is 2.29. The monoisotopic (exact) mass is 366 g/mol. The highest BCUT2D eigenvalue weighted by Gasteiger charge is 2.21. The van der Waals surface area contributed by atoms with Crippen molar-refractivity contribution in [2.75, 3.05) is 13.7 Å². The van der Waals surface area contributed by atoms with Gasteiger partial charge in [0.05, 0.1) is 12.0 Å². The van der Waals surface area contributed by atoms with Gasteiger partial charge in [-0.1, -0.05) is 30.3 Å². The predicted octanol–water partition coefficient (Wildman–Crippen LogP) is 4.18. The van der Waals surface area contributed by atoms with Crippen LogP contribution in [-0.4, -0.2) is 29.4 Å². The molecule has 3 rings (SSSR count). The van der Waals surface area contributed by atoms with Gasteiger partial charge in [0.15, 0.2) is 17.1 Å². The Morgan fingerprint density at radius 3 is 2.78 bits per heavy atom. The first kappa shape index (κ1) is 18.2. The van der Waals surface area contributed by atoms with Crippen molar-refractivity contribution in [2.45, 2.75) is 6.54 Å². The summed E-state index contributed by atoms with van der Waals surface area (Å²) in [5, 5.41) is 11.7. The summed E-state index contributed by atoms with van der Waals surface area (Å²) >= 11 is 0. The lowest BCUT2D eigenvalue weighted by molar-refractivity contribution is -0.384. The van der Waals surface area contributed by atoms with E-state index in [1.165, 1.54) is 24.1 Å². The highest BCUT2D eigenvalue weighted by molar-refractivity contribution is 5.97. The molecule has 0 saturated carbocycles. The largest absolute Gasteiger partial charge is 0.493 e. The molecule has 7 heteroatoms. The van der Waals surface area contributed by atoms with Crippen LogP contribution in [0.15, 0.2) is 65.6 Å². The topological polar surface area (TPSA) is 85.8 Å². The average Bonchev–Trinajstić information content (AvgIpc) is 3.11. The van der Waals surface area contributed by atoms with Gasteiger partial charge in [-0.15, -0.1) is 6.58 Å². The number of ether oxygens (including phenoxy) is 1. The van der Waals surface area contributed by atoms with E-state index in [4.69, 9.17) is 9.15 Å². The fraction of sp³-hybridized carbons (Fsp3) is 0.150. The molecule has 7 nitrogen and oxygen atoms in total. The SMILES string of the molecule is C=CCN(Cc1cccc([N+](=O)[O-])c1)C(=O)c1cc2cccc(OC)c2o1. The van der Waals surface area contributed by atoms with Gasteiger partial charge in [0.25, 0.3) is 11.6 Å². The van der Waals surface area contributed by atoms with Crippen LogP contribution in [0.5, 0.6) is 5.75 Å². The molecule has 0 fully saturated rings. The number of nitro benzene ring substituents is 1. The lowest BCUT2D eigenvalue weighted by atomic mass is 10.2. The summed E-state index contributed by atoms with van der Waals surface area (Å²) in [7, 11) is 1.53. The molecule has 2 aromatic carbocycles. The number of rotatable bonds is 7. The van der Waals surface area contributed by atoms with E-state index in [0.717, 1.165) is 5.39 Å². The van der Waals surface area contributed by atoms with E-state index >= 15 is 0 Å². The minimum atomic E-state index is -0.464. The van der Waals surface area contributed by atoms with Crippen LogP contribution in [0.3, 0.4) is 0 Å². The molecule has 0 radical (unpaired) electrons. The van der Waals surface area contributed by atoms with E-state index in [2.05, 4.69) is 6.58 Å². The first-order valence-corrected chi connectivity index (χ1v) is 8.23. The van der Waals surface area contributed by atoms with Gasteiger partial charge in [0.2, 0.25) is 0 Å². The smallest absolute Gasteiger partial charge is 0.290 e. The summed E-state index contributed by atoms with van der Waals surface area (Å²) in [6.45, 7) is 4.15. The molecule has 1 heterocycles. The second-order valence-electron chi connectivity index (χ2n) is 5.89. The molecule has 1 aromatic heterocycles. The van der Waals surface area contributed by atoms with Gasteiger partial charge in [0, 0.05) is 30.6 Å². The summed E-state index contributed by atoms with van der Waals surface area (Å²) in [5.74, 6) is 0.377. The van der Waals surface area contributed by atoms with Crippen LogP contribution in [0, 0.1) is 10.1 Å². The quantitative estimate of drug-likeness (QED) is 0.356. The Morgan fingerprint density at radius 2 is 2.07 bits per heavy atom. The number of fused-ring (bicyclic) bond motifs is 1. The Morgan fingerprint density at radius 1 is 1.30 bits per heavy atom. The van der Waals surface area contributed by atoms with Gasteiger partial charge >= 0.3 is 0 Å².